The Labute approximate surface area is 185 Å². The molecule has 31 heavy (non-hydrogen) atoms. The largest absolute Gasteiger partial charge is 0.493 e. The number of sulfonamides is 1. The van der Waals surface area contributed by atoms with Gasteiger partial charge < -0.3 is 14.8 Å². The Hall–Kier alpha value is -2.74. The lowest BCUT2D eigenvalue weighted by Crippen LogP contribution is -2.48. The monoisotopic (exact) mass is 448 g/mol. The van der Waals surface area contributed by atoms with Gasteiger partial charge in [-0.25, -0.2) is 8.42 Å². The van der Waals surface area contributed by atoms with Gasteiger partial charge in [-0.1, -0.05) is 18.2 Å². The second-order valence-electron chi connectivity index (χ2n) is 7.61. The summed E-state index contributed by atoms with van der Waals surface area (Å²) < 4.78 is 36.7. The molecule has 0 unspecified atom stereocenters. The van der Waals surface area contributed by atoms with Crippen LogP contribution in [0.4, 0.5) is 5.69 Å². The third kappa shape index (κ3) is 6.37. The fraction of sp³-hybridized carbons (Fsp3) is 0.435. The lowest BCUT2D eigenvalue weighted by molar-refractivity contribution is -0.121. The zero-order valence-corrected chi connectivity index (χ0v) is 19.9. The van der Waals surface area contributed by atoms with Crippen LogP contribution in [0.2, 0.25) is 0 Å². The Morgan fingerprint density at radius 2 is 1.74 bits per heavy atom. The van der Waals surface area contributed by atoms with Crippen molar-refractivity contribution in [1.29, 1.82) is 0 Å². The highest BCUT2D eigenvalue weighted by Crippen LogP contribution is 2.28. The number of nitrogens with zero attached hydrogens (tertiary/aromatic N) is 1. The van der Waals surface area contributed by atoms with Crippen molar-refractivity contribution in [3.63, 3.8) is 0 Å². The number of anilines is 1. The van der Waals surface area contributed by atoms with Gasteiger partial charge in [0, 0.05) is 6.54 Å². The third-order valence-electron chi connectivity index (χ3n) is 5.08. The molecule has 170 valence electrons. The van der Waals surface area contributed by atoms with Gasteiger partial charge in [-0.15, -0.1) is 0 Å². The number of rotatable bonds is 10. The number of hydrogen-bond donors (Lipinski definition) is 1. The van der Waals surface area contributed by atoms with E-state index in [1.165, 1.54) is 4.31 Å². The minimum Gasteiger partial charge on any atom is -0.493 e. The van der Waals surface area contributed by atoms with Crippen LogP contribution in [-0.4, -0.2) is 47.4 Å². The Morgan fingerprint density at radius 3 is 2.35 bits per heavy atom. The minimum absolute atomic E-state index is 0.335. The number of hydrogen-bond acceptors (Lipinski definition) is 5. The average Bonchev–Trinajstić information content (AvgIpc) is 2.72. The average molecular weight is 449 g/mol. The summed E-state index contributed by atoms with van der Waals surface area (Å²) >= 11 is 0. The maximum Gasteiger partial charge on any atom is 0.243 e. The van der Waals surface area contributed by atoms with E-state index in [0.29, 0.717) is 30.2 Å². The zero-order chi connectivity index (χ0) is 23.2. The molecule has 0 saturated heterocycles. The molecule has 1 amide bonds. The number of carbonyl (C=O) groups excluding carboxylic acids is 1. The smallest absolute Gasteiger partial charge is 0.243 e. The molecule has 0 spiro atoms. The molecule has 2 aromatic rings. The Balaban J connectivity index is 2.02. The molecule has 1 N–H and O–H groups in total. The Bertz CT molecular complexity index is 1020. The quantitative estimate of drug-likeness (QED) is 0.564. The van der Waals surface area contributed by atoms with Crippen molar-refractivity contribution < 1.29 is 22.7 Å². The molecule has 0 aromatic heterocycles. The van der Waals surface area contributed by atoms with Crippen LogP contribution >= 0.6 is 0 Å². The first-order valence-corrected chi connectivity index (χ1v) is 12.0. The van der Waals surface area contributed by atoms with Crippen LogP contribution in [0.5, 0.6) is 11.5 Å². The highest BCUT2D eigenvalue weighted by atomic mass is 32.2. The van der Waals surface area contributed by atoms with E-state index >= 15 is 0 Å². The van der Waals surface area contributed by atoms with Gasteiger partial charge in [0.1, 0.15) is 6.04 Å². The summed E-state index contributed by atoms with van der Waals surface area (Å²) in [5.41, 5.74) is 3.31. The van der Waals surface area contributed by atoms with Gasteiger partial charge in [0.15, 0.2) is 11.5 Å². The second kappa shape index (κ2) is 10.5. The maximum absolute atomic E-state index is 12.7. The molecule has 0 fully saturated rings. The first-order valence-electron chi connectivity index (χ1n) is 10.1. The Morgan fingerprint density at radius 1 is 1.06 bits per heavy atom. The summed E-state index contributed by atoms with van der Waals surface area (Å²) in [7, 11) is -0.463. The van der Waals surface area contributed by atoms with Gasteiger partial charge in [0.25, 0.3) is 0 Å². The molecule has 2 aromatic carbocycles. The van der Waals surface area contributed by atoms with Crippen LogP contribution in [0.25, 0.3) is 0 Å². The fourth-order valence-electron chi connectivity index (χ4n) is 3.43. The SMILES string of the molecule is COc1ccc(CCCNC(=O)[C@@H](C)N(c2cc(C)ccc2C)S(C)(=O)=O)cc1OC. The van der Waals surface area contributed by atoms with Crippen molar-refractivity contribution in [2.45, 2.75) is 39.7 Å². The summed E-state index contributed by atoms with van der Waals surface area (Å²) in [6.07, 6.45) is 2.56. The van der Waals surface area contributed by atoms with Crippen LogP contribution in [-0.2, 0) is 21.2 Å². The number of carbonyl (C=O) groups is 1. The topological polar surface area (TPSA) is 84.9 Å². The number of ether oxygens (including phenoxy) is 2. The molecular weight excluding hydrogens is 416 g/mol. The van der Waals surface area contributed by atoms with Gasteiger partial charge in [0.2, 0.25) is 15.9 Å². The number of nitrogens with one attached hydrogen (secondary N) is 1. The predicted octanol–water partition coefficient (Wildman–Crippen LogP) is 3.22. The van der Waals surface area contributed by atoms with Crippen molar-refractivity contribution >= 4 is 21.6 Å². The highest BCUT2D eigenvalue weighted by molar-refractivity contribution is 7.92. The van der Waals surface area contributed by atoms with E-state index in [9.17, 15) is 13.2 Å². The van der Waals surface area contributed by atoms with Gasteiger partial charge in [0.05, 0.1) is 26.2 Å². The summed E-state index contributed by atoms with van der Waals surface area (Å²) in [6.45, 7) is 5.76. The molecule has 1 atom stereocenters. The van der Waals surface area contributed by atoms with E-state index in [0.717, 1.165) is 29.4 Å². The standard InChI is InChI=1S/C23H32N2O5S/c1-16-9-10-17(2)20(14-16)25(31(6,27)28)18(3)23(26)24-13-7-8-19-11-12-21(29-4)22(15-19)30-5/h9-12,14-15,18H,7-8,13H2,1-6H3,(H,24,26)/t18-/m1/s1. The summed E-state index contributed by atoms with van der Waals surface area (Å²) in [5.74, 6) is 0.995. The van der Waals surface area contributed by atoms with E-state index < -0.39 is 16.1 Å². The van der Waals surface area contributed by atoms with Crippen LogP contribution in [0.15, 0.2) is 36.4 Å². The first kappa shape index (κ1) is 24.5. The first-order chi connectivity index (χ1) is 14.6. The molecule has 0 saturated carbocycles. The molecule has 0 radical (unpaired) electrons. The molecule has 0 aliphatic rings. The van der Waals surface area contributed by atoms with Gasteiger partial charge in [-0.3, -0.25) is 9.10 Å². The lowest BCUT2D eigenvalue weighted by atomic mass is 10.1. The second-order valence-corrected chi connectivity index (χ2v) is 9.47. The number of amides is 1. The number of aryl methyl sites for hydroxylation is 3. The van der Waals surface area contributed by atoms with Crippen molar-refractivity contribution in [3.05, 3.63) is 53.1 Å². The van der Waals surface area contributed by atoms with Crippen molar-refractivity contribution in [1.82, 2.24) is 5.32 Å². The van der Waals surface area contributed by atoms with Crippen molar-refractivity contribution in [2.24, 2.45) is 0 Å². The van der Waals surface area contributed by atoms with Crippen LogP contribution in [0, 0.1) is 13.8 Å². The maximum atomic E-state index is 12.7. The molecule has 7 nitrogen and oxygen atoms in total. The Kier molecular flexibility index (Phi) is 8.33. The minimum atomic E-state index is -3.64. The highest BCUT2D eigenvalue weighted by Gasteiger charge is 2.30. The fourth-order valence-corrected chi connectivity index (χ4v) is 4.65. The van der Waals surface area contributed by atoms with Gasteiger partial charge in [-0.05, 0) is 68.5 Å². The van der Waals surface area contributed by atoms with Crippen molar-refractivity contribution in [3.8, 4) is 11.5 Å². The summed E-state index contributed by atoms with van der Waals surface area (Å²) in [5, 5.41) is 2.86. The molecule has 0 heterocycles. The molecule has 0 bridgehead atoms. The molecule has 0 aliphatic heterocycles. The van der Waals surface area contributed by atoms with Gasteiger partial charge in [-0.2, -0.15) is 0 Å². The predicted molar refractivity (Wildman–Crippen MR) is 124 cm³/mol. The molecule has 2 rings (SSSR count). The lowest BCUT2D eigenvalue weighted by Gasteiger charge is -2.29. The van der Waals surface area contributed by atoms with E-state index in [-0.39, 0.29) is 5.91 Å². The van der Waals surface area contributed by atoms with Crippen molar-refractivity contribution in [2.75, 3.05) is 31.3 Å². The normalized spacial score (nSPS) is 12.2. The van der Waals surface area contributed by atoms with E-state index in [1.54, 1.807) is 27.2 Å². The molecule has 0 aliphatic carbocycles. The van der Waals surface area contributed by atoms with E-state index in [1.807, 2.05) is 44.2 Å². The molecule has 8 heteroatoms. The van der Waals surface area contributed by atoms with Crippen LogP contribution in [0.3, 0.4) is 0 Å². The summed E-state index contributed by atoms with van der Waals surface area (Å²) in [6, 6.07) is 10.4. The number of benzene rings is 2. The third-order valence-corrected chi connectivity index (χ3v) is 6.31. The van der Waals surface area contributed by atoms with Gasteiger partial charge >= 0.3 is 0 Å². The zero-order valence-electron chi connectivity index (χ0n) is 19.1. The van der Waals surface area contributed by atoms with Crippen LogP contribution in [0.1, 0.15) is 30.0 Å². The van der Waals surface area contributed by atoms with E-state index in [2.05, 4.69) is 5.32 Å². The number of methoxy groups -OCH3 is 2. The van der Waals surface area contributed by atoms with E-state index in [4.69, 9.17) is 9.47 Å². The summed E-state index contributed by atoms with van der Waals surface area (Å²) in [4.78, 5) is 12.7. The van der Waals surface area contributed by atoms with Crippen LogP contribution < -0.4 is 19.1 Å². The molecular formula is C23H32N2O5S.